The Morgan fingerprint density at radius 3 is 2.61 bits per heavy atom. The number of hydrogen-bond acceptors (Lipinski definition) is 6. The lowest BCUT2D eigenvalue weighted by Crippen LogP contribution is -2.43. The molecule has 1 aliphatic heterocycles. The predicted octanol–water partition coefficient (Wildman–Crippen LogP) is 1.90. The zero-order valence-electron chi connectivity index (χ0n) is 16.7. The van der Waals surface area contributed by atoms with E-state index in [-0.39, 0.29) is 6.04 Å². The van der Waals surface area contributed by atoms with Crippen molar-refractivity contribution in [2.75, 3.05) is 45.1 Å². The largest absolute Gasteiger partial charge is 0.360 e. The maximum Gasteiger partial charge on any atom is 0.154 e. The van der Waals surface area contributed by atoms with Gasteiger partial charge in [-0.05, 0) is 30.7 Å². The highest BCUT2D eigenvalue weighted by molar-refractivity contribution is 5.73. The molecule has 0 amide bonds. The fourth-order valence-corrected chi connectivity index (χ4v) is 3.85. The van der Waals surface area contributed by atoms with Crippen molar-refractivity contribution in [1.82, 2.24) is 24.4 Å². The summed E-state index contributed by atoms with van der Waals surface area (Å²) in [5.74, 6) is 0.830. The van der Waals surface area contributed by atoms with E-state index in [0.717, 1.165) is 49.6 Å². The Bertz CT molecular complexity index is 913. The fraction of sp³-hybridized carbons (Fsp3) is 0.429. The van der Waals surface area contributed by atoms with E-state index in [2.05, 4.69) is 57.5 Å². The summed E-state index contributed by atoms with van der Waals surface area (Å²) in [6.45, 7) is 8.04. The van der Waals surface area contributed by atoms with Crippen LogP contribution in [0.15, 0.2) is 42.9 Å². The first-order valence-electron chi connectivity index (χ1n) is 9.90. The topological polar surface area (TPSA) is 74.7 Å². The lowest BCUT2D eigenvalue weighted by molar-refractivity contribution is 0.148. The highest BCUT2D eigenvalue weighted by atomic mass is 15.3. The fourth-order valence-electron chi connectivity index (χ4n) is 3.85. The monoisotopic (exact) mass is 379 g/mol. The van der Waals surface area contributed by atoms with Crippen LogP contribution < -0.4 is 11.1 Å². The van der Waals surface area contributed by atoms with Gasteiger partial charge in [0.2, 0.25) is 0 Å². The first-order valence-corrected chi connectivity index (χ1v) is 9.90. The van der Waals surface area contributed by atoms with Crippen molar-refractivity contribution >= 4 is 11.3 Å². The SMILES string of the molecule is Cc1c(CN2CCN(C)CC2)cn2ncnc(N[C@H](CN)c3ccccc3)c12. The van der Waals surface area contributed by atoms with Gasteiger partial charge in [0.25, 0.3) is 0 Å². The number of benzene rings is 1. The number of aryl methyl sites for hydroxylation is 1. The van der Waals surface area contributed by atoms with Crippen molar-refractivity contribution in [2.24, 2.45) is 5.73 Å². The second kappa shape index (κ2) is 8.26. The van der Waals surface area contributed by atoms with E-state index in [1.54, 1.807) is 6.33 Å². The third-order valence-corrected chi connectivity index (χ3v) is 5.67. The number of aromatic nitrogens is 3. The van der Waals surface area contributed by atoms with Crippen LogP contribution in [0.5, 0.6) is 0 Å². The molecule has 0 bridgehead atoms. The van der Waals surface area contributed by atoms with Gasteiger partial charge < -0.3 is 16.0 Å². The average molecular weight is 380 g/mol. The van der Waals surface area contributed by atoms with E-state index < -0.39 is 0 Å². The Hall–Kier alpha value is -2.48. The van der Waals surface area contributed by atoms with Gasteiger partial charge in [-0.15, -0.1) is 0 Å². The van der Waals surface area contributed by atoms with Gasteiger partial charge in [0.1, 0.15) is 11.8 Å². The quantitative estimate of drug-likeness (QED) is 0.681. The van der Waals surface area contributed by atoms with Crippen molar-refractivity contribution in [1.29, 1.82) is 0 Å². The molecule has 7 nitrogen and oxygen atoms in total. The van der Waals surface area contributed by atoms with Crippen LogP contribution >= 0.6 is 0 Å². The standard InChI is InChI=1S/C21H29N7/c1-16-18(13-27-10-8-26(2)9-11-27)14-28-20(16)21(23-15-24-28)25-19(12-22)17-6-4-3-5-7-17/h3-7,14-15,19H,8-13,22H2,1-2H3,(H,23,24,25)/t19-/m1/s1. The predicted molar refractivity (Wildman–Crippen MR) is 112 cm³/mol. The van der Waals surface area contributed by atoms with Gasteiger partial charge in [-0.1, -0.05) is 30.3 Å². The molecule has 0 radical (unpaired) electrons. The Labute approximate surface area is 166 Å². The summed E-state index contributed by atoms with van der Waals surface area (Å²) >= 11 is 0. The van der Waals surface area contributed by atoms with Gasteiger partial charge in [-0.2, -0.15) is 5.10 Å². The first-order chi connectivity index (χ1) is 13.7. The molecule has 1 saturated heterocycles. The van der Waals surface area contributed by atoms with Crippen LogP contribution in [0.1, 0.15) is 22.7 Å². The maximum atomic E-state index is 6.05. The van der Waals surface area contributed by atoms with Gasteiger partial charge in [-0.25, -0.2) is 9.50 Å². The van der Waals surface area contributed by atoms with E-state index in [1.807, 2.05) is 22.7 Å². The van der Waals surface area contributed by atoms with Gasteiger partial charge >= 0.3 is 0 Å². The van der Waals surface area contributed by atoms with Crippen LogP contribution in [0, 0.1) is 6.92 Å². The van der Waals surface area contributed by atoms with Crippen LogP contribution in [-0.2, 0) is 6.54 Å². The molecule has 148 valence electrons. The number of rotatable bonds is 6. The van der Waals surface area contributed by atoms with Crippen LogP contribution in [0.3, 0.4) is 0 Å². The molecule has 2 aromatic heterocycles. The Morgan fingerprint density at radius 1 is 1.14 bits per heavy atom. The van der Waals surface area contributed by atoms with Gasteiger partial charge in [0.05, 0.1) is 6.04 Å². The second-order valence-electron chi connectivity index (χ2n) is 7.60. The van der Waals surface area contributed by atoms with E-state index in [9.17, 15) is 0 Å². The Balaban J connectivity index is 1.60. The van der Waals surface area contributed by atoms with Gasteiger partial charge in [0, 0.05) is 45.5 Å². The molecule has 0 unspecified atom stereocenters. The molecule has 1 fully saturated rings. The molecule has 0 aliphatic carbocycles. The summed E-state index contributed by atoms with van der Waals surface area (Å²) in [4.78, 5) is 9.42. The van der Waals surface area contributed by atoms with Crippen molar-refractivity contribution in [3.8, 4) is 0 Å². The van der Waals surface area contributed by atoms with Gasteiger partial charge in [-0.3, -0.25) is 4.90 Å². The molecule has 0 saturated carbocycles. The minimum absolute atomic E-state index is 0.00952. The molecule has 3 heterocycles. The summed E-state index contributed by atoms with van der Waals surface area (Å²) < 4.78 is 1.94. The van der Waals surface area contributed by atoms with E-state index in [0.29, 0.717) is 6.54 Å². The normalized spacial score (nSPS) is 17.1. The summed E-state index contributed by atoms with van der Waals surface area (Å²) in [5.41, 5.74) is 10.8. The van der Waals surface area contributed by atoms with Crippen molar-refractivity contribution in [2.45, 2.75) is 19.5 Å². The second-order valence-corrected chi connectivity index (χ2v) is 7.60. The molecule has 4 rings (SSSR count). The third-order valence-electron chi connectivity index (χ3n) is 5.67. The van der Waals surface area contributed by atoms with Crippen molar-refractivity contribution < 1.29 is 0 Å². The van der Waals surface area contributed by atoms with Crippen molar-refractivity contribution in [3.63, 3.8) is 0 Å². The van der Waals surface area contributed by atoms with E-state index >= 15 is 0 Å². The lowest BCUT2D eigenvalue weighted by Gasteiger charge is -2.32. The molecule has 28 heavy (non-hydrogen) atoms. The highest BCUT2D eigenvalue weighted by Gasteiger charge is 2.19. The third kappa shape index (κ3) is 3.87. The van der Waals surface area contributed by atoms with E-state index in [1.165, 1.54) is 11.1 Å². The molecule has 1 aliphatic rings. The molecule has 0 spiro atoms. The average Bonchev–Trinajstić information content (AvgIpc) is 3.04. The summed E-state index contributed by atoms with van der Waals surface area (Å²) in [6.07, 6.45) is 3.74. The molecule has 7 heteroatoms. The molecule has 1 aromatic carbocycles. The Morgan fingerprint density at radius 2 is 1.89 bits per heavy atom. The smallest absolute Gasteiger partial charge is 0.154 e. The number of likely N-dealkylation sites (N-methyl/N-ethyl adjacent to an activating group) is 1. The maximum absolute atomic E-state index is 6.05. The number of hydrogen-bond donors (Lipinski definition) is 2. The van der Waals surface area contributed by atoms with E-state index in [4.69, 9.17) is 5.73 Å². The number of nitrogens with zero attached hydrogens (tertiary/aromatic N) is 5. The number of fused-ring (bicyclic) bond motifs is 1. The van der Waals surface area contributed by atoms with Crippen LogP contribution in [-0.4, -0.2) is 64.2 Å². The summed E-state index contributed by atoms with van der Waals surface area (Å²) in [7, 11) is 2.18. The summed E-state index contributed by atoms with van der Waals surface area (Å²) in [6, 6.07) is 10.3. The molecular weight excluding hydrogens is 350 g/mol. The van der Waals surface area contributed by atoms with Gasteiger partial charge in [0.15, 0.2) is 5.82 Å². The Kier molecular flexibility index (Phi) is 5.57. The number of anilines is 1. The zero-order valence-corrected chi connectivity index (χ0v) is 16.7. The highest BCUT2D eigenvalue weighted by Crippen LogP contribution is 2.26. The molecule has 3 aromatic rings. The number of nitrogens with one attached hydrogen (secondary N) is 1. The number of nitrogens with two attached hydrogens (primary N) is 1. The molecule has 1 atom stereocenters. The van der Waals surface area contributed by atoms with Crippen LogP contribution in [0.25, 0.3) is 5.52 Å². The first kappa shape index (κ1) is 18.9. The minimum Gasteiger partial charge on any atom is -0.360 e. The molecule has 3 N–H and O–H groups in total. The zero-order chi connectivity index (χ0) is 19.5. The summed E-state index contributed by atoms with van der Waals surface area (Å²) in [5, 5.41) is 7.98. The molecular formula is C21H29N7. The minimum atomic E-state index is 0.00952. The van der Waals surface area contributed by atoms with Crippen LogP contribution in [0.2, 0.25) is 0 Å². The van der Waals surface area contributed by atoms with Crippen LogP contribution in [0.4, 0.5) is 5.82 Å². The van der Waals surface area contributed by atoms with Crippen molar-refractivity contribution in [3.05, 3.63) is 59.5 Å². The number of piperazine rings is 1. The lowest BCUT2D eigenvalue weighted by atomic mass is 10.1.